The molecule has 1 spiro atoms. The fraction of sp³-hybridized carbons (Fsp3) is 0.515. The van der Waals surface area contributed by atoms with Crippen LogP contribution in [0.5, 0.6) is 5.75 Å². The monoisotopic (exact) mass is 578 g/mol. The van der Waals surface area contributed by atoms with Crippen molar-refractivity contribution >= 4 is 33.3 Å². The minimum absolute atomic E-state index is 0.0989. The molecule has 2 aliphatic carbocycles. The number of carbonyl (C=O) groups is 1. The molecular weight excluding hydrogens is 540 g/mol. The minimum atomic E-state index is -0.831. The second-order valence-corrected chi connectivity index (χ2v) is 14.0. The molecule has 5 nitrogen and oxygen atoms in total. The van der Waals surface area contributed by atoms with E-state index in [1.54, 1.807) is 0 Å². The summed E-state index contributed by atoms with van der Waals surface area (Å²) in [6.07, 6.45) is 11.0. The Morgan fingerprint density at radius 1 is 1.23 bits per heavy atom. The quantitative estimate of drug-likeness (QED) is 0.343. The van der Waals surface area contributed by atoms with Gasteiger partial charge in [0.25, 0.3) is 5.91 Å². The maximum Gasteiger partial charge on any atom is 0.287 e. The normalized spacial score (nSPS) is 32.5. The lowest BCUT2D eigenvalue weighted by Crippen LogP contribution is -2.49. The van der Waals surface area contributed by atoms with Crippen molar-refractivity contribution in [1.82, 2.24) is 0 Å². The highest BCUT2D eigenvalue weighted by atomic mass is 35.5. The molecule has 2 heterocycles. The molecular formula is C33H39ClN2O3S. The Labute approximate surface area is 245 Å². The summed E-state index contributed by atoms with van der Waals surface area (Å²) in [5, 5.41) is 0.787. The fourth-order valence-electron chi connectivity index (χ4n) is 7.18. The number of hydrogen-bond acceptors (Lipinski definition) is 4. The van der Waals surface area contributed by atoms with E-state index in [0.29, 0.717) is 35.7 Å². The molecule has 1 saturated carbocycles. The van der Waals surface area contributed by atoms with Gasteiger partial charge in [0, 0.05) is 42.0 Å². The largest absolute Gasteiger partial charge is 0.490 e. The molecule has 1 fully saturated rings. The summed E-state index contributed by atoms with van der Waals surface area (Å²) in [6, 6.07) is 12.1. The predicted molar refractivity (Wildman–Crippen MR) is 164 cm³/mol. The number of benzene rings is 2. The molecule has 0 N–H and O–H groups in total. The van der Waals surface area contributed by atoms with Gasteiger partial charge in [0.05, 0.1) is 18.4 Å². The van der Waals surface area contributed by atoms with Crippen molar-refractivity contribution in [3.63, 3.8) is 0 Å². The average Bonchev–Trinajstić information content (AvgIpc) is 3.06. The second-order valence-electron chi connectivity index (χ2n) is 12.2. The highest BCUT2D eigenvalue weighted by Gasteiger charge is 2.44. The number of ether oxygens (including phenoxy) is 2. The number of hydrogen-bond donors (Lipinski definition) is 0. The van der Waals surface area contributed by atoms with Crippen LogP contribution in [0.3, 0.4) is 0 Å². The van der Waals surface area contributed by atoms with Crippen LogP contribution in [0.25, 0.3) is 0 Å². The SMILES string of the molecule is C#S1=N\C(=O)c2ccc3c(c2)N(C[C@@H]2CC[C@H]2[C@@H](OC)/C=C/C[C@H](C)C/1)C[C@@]1(CCCc2cc(Cl)ccc21)CO3. The summed E-state index contributed by atoms with van der Waals surface area (Å²) in [6.45, 7) is 4.49. The van der Waals surface area contributed by atoms with Crippen molar-refractivity contribution in [2.75, 3.05) is 37.5 Å². The van der Waals surface area contributed by atoms with E-state index in [1.165, 1.54) is 17.5 Å². The van der Waals surface area contributed by atoms with Crippen LogP contribution in [0.4, 0.5) is 5.69 Å². The molecule has 7 heteroatoms. The third-order valence-corrected chi connectivity index (χ3v) is 11.0. The van der Waals surface area contributed by atoms with Gasteiger partial charge >= 0.3 is 0 Å². The Balaban J connectivity index is 1.43. The molecule has 4 aliphatic rings. The van der Waals surface area contributed by atoms with E-state index in [4.69, 9.17) is 26.8 Å². The van der Waals surface area contributed by atoms with Gasteiger partial charge in [-0.25, -0.2) is 0 Å². The zero-order valence-corrected chi connectivity index (χ0v) is 25.1. The van der Waals surface area contributed by atoms with Gasteiger partial charge in [-0.3, -0.25) is 4.79 Å². The van der Waals surface area contributed by atoms with Crippen LogP contribution in [-0.4, -0.2) is 44.6 Å². The van der Waals surface area contributed by atoms with E-state index >= 15 is 0 Å². The van der Waals surface area contributed by atoms with Gasteiger partial charge in [-0.1, -0.05) is 52.5 Å². The van der Waals surface area contributed by atoms with Gasteiger partial charge in [-0.15, -0.1) is 0 Å². The first-order chi connectivity index (χ1) is 19.3. The van der Waals surface area contributed by atoms with Crippen LogP contribution in [0.1, 0.15) is 60.5 Å². The zero-order chi connectivity index (χ0) is 27.9. The van der Waals surface area contributed by atoms with Crippen LogP contribution in [0.15, 0.2) is 52.9 Å². The van der Waals surface area contributed by atoms with Crippen molar-refractivity contribution < 1.29 is 14.3 Å². The summed E-state index contributed by atoms with van der Waals surface area (Å²) < 4.78 is 17.0. The van der Waals surface area contributed by atoms with E-state index in [-0.39, 0.29) is 17.4 Å². The van der Waals surface area contributed by atoms with Crippen molar-refractivity contribution in [3.05, 3.63) is 70.3 Å². The molecule has 6 rings (SSSR count). The highest BCUT2D eigenvalue weighted by molar-refractivity contribution is 7.76. The highest BCUT2D eigenvalue weighted by Crippen LogP contribution is 2.47. The lowest BCUT2D eigenvalue weighted by atomic mass is 9.68. The number of aryl methyl sites for hydroxylation is 1. The Kier molecular flexibility index (Phi) is 7.89. The molecule has 5 atom stereocenters. The van der Waals surface area contributed by atoms with Crippen LogP contribution in [0, 0.1) is 23.4 Å². The van der Waals surface area contributed by atoms with E-state index in [9.17, 15) is 4.79 Å². The summed E-state index contributed by atoms with van der Waals surface area (Å²) in [5.41, 5.74) is 10.4. The molecule has 212 valence electrons. The zero-order valence-electron chi connectivity index (χ0n) is 23.5. The number of rotatable bonds is 1. The first kappa shape index (κ1) is 27.7. The molecule has 0 aromatic heterocycles. The predicted octanol–water partition coefficient (Wildman–Crippen LogP) is 6.98. The van der Waals surface area contributed by atoms with Gasteiger partial charge < -0.3 is 14.4 Å². The van der Waals surface area contributed by atoms with E-state index in [1.807, 2.05) is 31.4 Å². The number of nitrogens with zero attached hydrogens (tertiary/aromatic N) is 2. The molecule has 2 aromatic carbocycles. The van der Waals surface area contributed by atoms with Crippen LogP contribution in [0.2, 0.25) is 5.02 Å². The number of allylic oxidation sites excluding steroid dienone is 1. The summed E-state index contributed by atoms with van der Waals surface area (Å²) in [7, 11) is 0.997. The smallest absolute Gasteiger partial charge is 0.287 e. The van der Waals surface area contributed by atoms with Gasteiger partial charge in [0.1, 0.15) is 5.75 Å². The van der Waals surface area contributed by atoms with Crippen molar-refractivity contribution in [3.8, 4) is 11.4 Å². The number of fused-ring (bicyclic) bond motifs is 4. The lowest BCUT2D eigenvalue weighted by Gasteiger charge is -2.46. The number of halogens is 1. The maximum absolute atomic E-state index is 13.3. The summed E-state index contributed by atoms with van der Waals surface area (Å²) in [5.74, 6) is 2.57. The van der Waals surface area contributed by atoms with Crippen molar-refractivity contribution in [1.29, 1.82) is 0 Å². The average molecular weight is 579 g/mol. The Morgan fingerprint density at radius 3 is 2.90 bits per heavy atom. The molecule has 2 aromatic rings. The summed E-state index contributed by atoms with van der Waals surface area (Å²) >= 11 is 6.42. The standard InChI is InChI=1S/C33H39ClN2O3S/c1-22-6-4-8-30(38-2)27-12-9-25(27)18-36-20-33(15-5-7-23-16-26(34)11-13-28(23)33)21-39-31-14-10-24(17-29(31)36)32(37)35-40(3)19-22/h3-4,8,10-11,13-14,16-17,22,25,27,30H,5-7,9,12,15,18-21H2,1-2H3/b8-4+/t22-,25-,27+,30-,33-/m0/s1. The number of amides is 1. The van der Waals surface area contributed by atoms with Crippen LogP contribution in [-0.2, 0) is 26.7 Å². The molecule has 0 saturated heterocycles. The third kappa shape index (κ3) is 5.39. The number of carbonyl (C=O) groups excluding carboxylic acids is 1. The van der Waals surface area contributed by atoms with E-state index in [2.05, 4.69) is 40.5 Å². The first-order valence-corrected chi connectivity index (χ1v) is 16.4. The lowest BCUT2D eigenvalue weighted by molar-refractivity contribution is 0.0131. The summed E-state index contributed by atoms with van der Waals surface area (Å²) in [4.78, 5) is 15.7. The van der Waals surface area contributed by atoms with Gasteiger partial charge in [-0.2, -0.15) is 4.36 Å². The van der Waals surface area contributed by atoms with E-state index < -0.39 is 10.1 Å². The fourth-order valence-corrected chi connectivity index (χ4v) is 8.49. The maximum atomic E-state index is 13.3. The first-order valence-electron chi connectivity index (χ1n) is 14.6. The second kappa shape index (κ2) is 11.4. The minimum Gasteiger partial charge on any atom is -0.490 e. The molecule has 2 aliphatic heterocycles. The Bertz CT molecular complexity index is 1470. The number of methoxy groups -OCH3 is 1. The number of anilines is 1. The molecule has 1 amide bonds. The van der Waals surface area contributed by atoms with Crippen LogP contribution >= 0.6 is 11.6 Å². The van der Waals surface area contributed by atoms with Gasteiger partial charge in [-0.05, 0) is 97.7 Å². The van der Waals surface area contributed by atoms with Crippen molar-refractivity contribution in [2.24, 2.45) is 22.1 Å². The van der Waals surface area contributed by atoms with E-state index in [0.717, 1.165) is 61.7 Å². The Hall–Kier alpha value is -2.50. The molecule has 0 radical (unpaired) electrons. The van der Waals surface area contributed by atoms with Gasteiger partial charge in [0.15, 0.2) is 0 Å². The molecule has 40 heavy (non-hydrogen) atoms. The van der Waals surface area contributed by atoms with Gasteiger partial charge in [0.2, 0.25) is 0 Å². The molecule has 0 unspecified atom stereocenters. The third-order valence-electron chi connectivity index (χ3n) is 9.43. The van der Waals surface area contributed by atoms with Crippen LogP contribution < -0.4 is 9.64 Å². The Morgan fingerprint density at radius 2 is 2.10 bits per heavy atom. The molecule has 2 bridgehead atoms. The topological polar surface area (TPSA) is 51.1 Å². The van der Waals surface area contributed by atoms with Crippen molar-refractivity contribution in [2.45, 2.75) is 57.0 Å².